The smallest absolute Gasteiger partial charge is 0.248 e. The van der Waals surface area contributed by atoms with Crippen molar-refractivity contribution in [1.82, 2.24) is 0 Å². The lowest BCUT2D eigenvalue weighted by molar-refractivity contribution is 0.100. The second-order valence-electron chi connectivity index (χ2n) is 7.83. The van der Waals surface area contributed by atoms with Crippen LogP contribution in [-0.2, 0) is 0 Å². The monoisotopic (exact) mass is 397 g/mol. The van der Waals surface area contributed by atoms with E-state index in [1.807, 2.05) is 44.2 Å². The third-order valence-corrected chi connectivity index (χ3v) is 6.08. The number of allylic oxidation sites excluding steroid dienone is 4. The number of aromatic hydroxyl groups is 1. The van der Waals surface area contributed by atoms with Gasteiger partial charge in [0.15, 0.2) is 0 Å². The molecular weight excluding hydrogens is 370 g/mol. The highest BCUT2D eigenvalue weighted by Gasteiger charge is 2.33. The van der Waals surface area contributed by atoms with E-state index in [1.54, 1.807) is 12.1 Å². The maximum atomic E-state index is 11.4. The van der Waals surface area contributed by atoms with Crippen LogP contribution in [0.2, 0.25) is 0 Å². The summed E-state index contributed by atoms with van der Waals surface area (Å²) >= 11 is 0. The first-order valence-electron chi connectivity index (χ1n) is 10.6. The first-order valence-corrected chi connectivity index (χ1v) is 10.6. The molecule has 0 aromatic heterocycles. The summed E-state index contributed by atoms with van der Waals surface area (Å²) in [6.07, 6.45) is 5.66. The number of rotatable bonds is 3. The van der Waals surface area contributed by atoms with E-state index in [0.717, 1.165) is 33.9 Å². The van der Waals surface area contributed by atoms with E-state index in [9.17, 15) is 9.90 Å². The average molecular weight is 398 g/mol. The molecule has 0 aliphatic heterocycles. The number of primary amides is 1. The van der Waals surface area contributed by atoms with Crippen LogP contribution >= 0.6 is 0 Å². The van der Waals surface area contributed by atoms with Gasteiger partial charge in [0, 0.05) is 23.0 Å². The standard InChI is InChI=1S/C25H21NO2.C2H6/c1-14-8-20-11-21(13-22(14)20)23-12-18(6-7-24(23)27)16-2-3-17-10-19(25(26)28)5-4-15(17)9-16;1-2/h2-10,12-13,20-21,27H,11H2,1H3,(H2,26,28);1-2H3. The maximum absolute atomic E-state index is 11.4. The van der Waals surface area contributed by atoms with Crippen LogP contribution in [0, 0.1) is 5.92 Å². The number of fused-ring (bicyclic) bond motifs is 2. The molecule has 0 bridgehead atoms. The Kier molecular flexibility index (Phi) is 5.21. The lowest BCUT2D eigenvalue weighted by Crippen LogP contribution is -2.10. The minimum Gasteiger partial charge on any atom is -0.508 e. The SMILES string of the molecule is CC.CC1=CC2CC(c3cc(-c4ccc5cc(C(N)=O)ccc5c4)ccc3O)C=C12. The average Bonchev–Trinajstić information content (AvgIpc) is 3.11. The van der Waals surface area contributed by atoms with Gasteiger partial charge in [-0.3, -0.25) is 4.79 Å². The van der Waals surface area contributed by atoms with Crippen LogP contribution in [0.15, 0.2) is 77.9 Å². The molecule has 3 heteroatoms. The summed E-state index contributed by atoms with van der Waals surface area (Å²) in [5.74, 6) is 0.746. The van der Waals surface area contributed by atoms with Gasteiger partial charge in [-0.25, -0.2) is 0 Å². The molecule has 2 aliphatic rings. The highest BCUT2D eigenvalue weighted by atomic mass is 16.3. The van der Waals surface area contributed by atoms with Gasteiger partial charge in [0.05, 0.1) is 0 Å². The van der Waals surface area contributed by atoms with Crippen molar-refractivity contribution in [3.05, 3.63) is 89.0 Å². The summed E-state index contributed by atoms with van der Waals surface area (Å²) in [5.41, 5.74) is 11.9. The van der Waals surface area contributed by atoms with E-state index in [0.29, 0.717) is 17.2 Å². The van der Waals surface area contributed by atoms with Gasteiger partial charge in [0.1, 0.15) is 5.75 Å². The Bertz CT molecular complexity index is 1200. The Balaban J connectivity index is 0.00000106. The Morgan fingerprint density at radius 1 is 0.900 bits per heavy atom. The summed E-state index contributed by atoms with van der Waals surface area (Å²) in [6.45, 7) is 6.15. The Morgan fingerprint density at radius 3 is 2.27 bits per heavy atom. The fourth-order valence-electron chi connectivity index (χ4n) is 4.52. The predicted octanol–water partition coefficient (Wildman–Crippen LogP) is 6.33. The van der Waals surface area contributed by atoms with Gasteiger partial charge < -0.3 is 10.8 Å². The molecule has 0 spiro atoms. The predicted molar refractivity (Wildman–Crippen MR) is 124 cm³/mol. The number of nitrogens with two attached hydrogens (primary N) is 1. The summed E-state index contributed by atoms with van der Waals surface area (Å²) in [4.78, 5) is 11.4. The maximum Gasteiger partial charge on any atom is 0.248 e. The summed E-state index contributed by atoms with van der Waals surface area (Å²) in [5, 5.41) is 12.5. The second-order valence-corrected chi connectivity index (χ2v) is 7.83. The molecule has 5 rings (SSSR count). The zero-order valence-electron chi connectivity index (χ0n) is 17.6. The van der Waals surface area contributed by atoms with Gasteiger partial charge in [0.25, 0.3) is 0 Å². The molecule has 152 valence electrons. The lowest BCUT2D eigenvalue weighted by atomic mass is 9.83. The van der Waals surface area contributed by atoms with Crippen LogP contribution in [0.5, 0.6) is 5.75 Å². The number of carbonyl (C=O) groups excluding carboxylic acids is 1. The van der Waals surface area contributed by atoms with Crippen molar-refractivity contribution in [1.29, 1.82) is 0 Å². The minimum atomic E-state index is -0.418. The van der Waals surface area contributed by atoms with Crippen LogP contribution in [-0.4, -0.2) is 11.0 Å². The number of amides is 1. The molecule has 2 atom stereocenters. The zero-order valence-corrected chi connectivity index (χ0v) is 17.6. The molecule has 3 aromatic carbocycles. The molecular formula is C27H27NO2. The normalized spacial score (nSPS) is 19.2. The molecule has 30 heavy (non-hydrogen) atoms. The summed E-state index contributed by atoms with van der Waals surface area (Å²) < 4.78 is 0. The topological polar surface area (TPSA) is 63.3 Å². The van der Waals surface area contributed by atoms with Crippen molar-refractivity contribution in [2.75, 3.05) is 0 Å². The van der Waals surface area contributed by atoms with E-state index >= 15 is 0 Å². The van der Waals surface area contributed by atoms with E-state index in [4.69, 9.17) is 5.73 Å². The highest BCUT2D eigenvalue weighted by Crippen LogP contribution is 2.49. The molecule has 3 aromatic rings. The number of hydrogen-bond donors (Lipinski definition) is 2. The first-order chi connectivity index (χ1) is 14.5. The van der Waals surface area contributed by atoms with Crippen molar-refractivity contribution in [3.8, 4) is 16.9 Å². The molecule has 0 radical (unpaired) electrons. The van der Waals surface area contributed by atoms with Gasteiger partial charge in [0.2, 0.25) is 5.91 Å². The fourth-order valence-corrected chi connectivity index (χ4v) is 4.52. The molecule has 3 N–H and O–H groups in total. The molecule has 3 nitrogen and oxygen atoms in total. The Labute approximate surface area is 177 Å². The Hall–Kier alpha value is -3.33. The van der Waals surface area contributed by atoms with Crippen LogP contribution in [0.3, 0.4) is 0 Å². The van der Waals surface area contributed by atoms with Gasteiger partial charge >= 0.3 is 0 Å². The molecule has 0 fully saturated rings. The summed E-state index contributed by atoms with van der Waals surface area (Å²) in [6, 6.07) is 17.5. The van der Waals surface area contributed by atoms with E-state index in [1.165, 1.54) is 11.1 Å². The quantitative estimate of drug-likeness (QED) is 0.542. The first kappa shape index (κ1) is 20.0. The van der Waals surface area contributed by atoms with E-state index in [2.05, 4.69) is 31.2 Å². The molecule has 1 amide bonds. The number of benzene rings is 3. The molecule has 0 saturated heterocycles. The lowest BCUT2D eigenvalue weighted by Gasteiger charge is -2.22. The zero-order chi connectivity index (χ0) is 21.4. The van der Waals surface area contributed by atoms with Gasteiger partial charge in [-0.15, -0.1) is 0 Å². The van der Waals surface area contributed by atoms with Gasteiger partial charge in [-0.2, -0.15) is 0 Å². The largest absolute Gasteiger partial charge is 0.508 e. The Morgan fingerprint density at radius 2 is 1.57 bits per heavy atom. The van der Waals surface area contributed by atoms with Crippen LogP contribution in [0.4, 0.5) is 0 Å². The number of phenols is 1. The third-order valence-electron chi connectivity index (χ3n) is 6.08. The van der Waals surface area contributed by atoms with Gasteiger partial charge in [-0.1, -0.05) is 55.8 Å². The van der Waals surface area contributed by atoms with Crippen LogP contribution in [0.25, 0.3) is 21.9 Å². The third kappa shape index (κ3) is 3.41. The molecule has 2 unspecified atom stereocenters. The number of carbonyl (C=O) groups is 1. The highest BCUT2D eigenvalue weighted by molar-refractivity contribution is 5.98. The van der Waals surface area contributed by atoms with Crippen molar-refractivity contribution in [2.24, 2.45) is 11.7 Å². The fraction of sp³-hybridized carbons (Fsp3) is 0.222. The second kappa shape index (κ2) is 7.83. The van der Waals surface area contributed by atoms with Crippen LogP contribution < -0.4 is 5.73 Å². The van der Waals surface area contributed by atoms with E-state index < -0.39 is 5.91 Å². The number of hydrogen-bond acceptors (Lipinski definition) is 2. The summed E-state index contributed by atoms with van der Waals surface area (Å²) in [7, 11) is 0. The van der Waals surface area contributed by atoms with Gasteiger partial charge in [-0.05, 0) is 71.1 Å². The minimum absolute atomic E-state index is 0.257. The molecule has 0 saturated carbocycles. The van der Waals surface area contributed by atoms with Crippen molar-refractivity contribution < 1.29 is 9.90 Å². The molecule has 0 heterocycles. The van der Waals surface area contributed by atoms with Crippen molar-refractivity contribution in [3.63, 3.8) is 0 Å². The van der Waals surface area contributed by atoms with Crippen molar-refractivity contribution >= 4 is 16.7 Å². The number of phenolic OH excluding ortho intramolecular Hbond substituents is 1. The van der Waals surface area contributed by atoms with Crippen LogP contribution in [0.1, 0.15) is 49.0 Å². The van der Waals surface area contributed by atoms with Crippen molar-refractivity contribution in [2.45, 2.75) is 33.1 Å². The molecule has 2 aliphatic carbocycles. The van der Waals surface area contributed by atoms with E-state index in [-0.39, 0.29) is 5.92 Å².